The van der Waals surface area contributed by atoms with Gasteiger partial charge in [0.15, 0.2) is 5.82 Å². The van der Waals surface area contributed by atoms with Crippen LogP contribution in [0, 0.1) is 6.92 Å². The molecule has 4 rings (SSSR count). The van der Waals surface area contributed by atoms with Crippen molar-refractivity contribution < 1.29 is 9.63 Å². The molecule has 5 nitrogen and oxygen atoms in total. The second-order valence-corrected chi connectivity index (χ2v) is 7.03. The summed E-state index contributed by atoms with van der Waals surface area (Å²) in [6, 6.07) is 18.6. The number of aryl methyl sites for hydroxylation is 1. The summed E-state index contributed by atoms with van der Waals surface area (Å²) >= 11 is 0. The van der Waals surface area contributed by atoms with Gasteiger partial charge in [-0.1, -0.05) is 65.3 Å². The summed E-state index contributed by atoms with van der Waals surface area (Å²) < 4.78 is 5.54. The number of nitrogens with zero attached hydrogens (tertiary/aromatic N) is 3. The second-order valence-electron chi connectivity index (χ2n) is 7.03. The van der Waals surface area contributed by atoms with Gasteiger partial charge in [-0.3, -0.25) is 4.90 Å². The summed E-state index contributed by atoms with van der Waals surface area (Å²) in [5.41, 5.74) is 3.62. The maximum atomic E-state index is 10.2. The van der Waals surface area contributed by atoms with Crippen molar-refractivity contribution in [2.45, 2.75) is 38.5 Å². The average molecular weight is 349 g/mol. The van der Waals surface area contributed by atoms with Crippen molar-refractivity contribution in [3.63, 3.8) is 0 Å². The molecule has 1 aliphatic heterocycles. The fourth-order valence-electron chi connectivity index (χ4n) is 3.49. The lowest BCUT2D eigenvalue weighted by atomic mass is 10.1. The highest BCUT2D eigenvalue weighted by atomic mass is 16.5. The van der Waals surface area contributed by atoms with Crippen LogP contribution in [0.4, 0.5) is 0 Å². The molecular formula is C21H23N3O2. The number of likely N-dealkylation sites (tertiary alicyclic amines) is 1. The Labute approximate surface area is 153 Å². The minimum Gasteiger partial charge on any atom is -0.392 e. The van der Waals surface area contributed by atoms with E-state index in [0.717, 1.165) is 12.1 Å². The Kier molecular flexibility index (Phi) is 4.82. The van der Waals surface area contributed by atoms with Crippen LogP contribution < -0.4 is 0 Å². The van der Waals surface area contributed by atoms with Gasteiger partial charge in [-0.25, -0.2) is 0 Å². The van der Waals surface area contributed by atoms with Crippen LogP contribution in [0.15, 0.2) is 59.1 Å². The van der Waals surface area contributed by atoms with Crippen molar-refractivity contribution in [1.82, 2.24) is 15.0 Å². The Morgan fingerprint density at radius 2 is 1.85 bits per heavy atom. The quantitative estimate of drug-likeness (QED) is 0.766. The fourth-order valence-corrected chi connectivity index (χ4v) is 3.49. The van der Waals surface area contributed by atoms with Crippen LogP contribution in [-0.4, -0.2) is 32.8 Å². The average Bonchev–Trinajstić information content (AvgIpc) is 3.24. The van der Waals surface area contributed by atoms with Crippen LogP contribution in [0.3, 0.4) is 0 Å². The Balaban J connectivity index is 1.49. The number of benzene rings is 2. The topological polar surface area (TPSA) is 62.4 Å². The third-order valence-corrected chi connectivity index (χ3v) is 4.86. The van der Waals surface area contributed by atoms with Gasteiger partial charge in [0.25, 0.3) is 0 Å². The smallest absolute Gasteiger partial charge is 0.244 e. The molecule has 0 bridgehead atoms. The summed E-state index contributed by atoms with van der Waals surface area (Å²) in [6.07, 6.45) is 0.908. The number of hydrogen-bond donors (Lipinski definition) is 1. The molecule has 134 valence electrons. The van der Waals surface area contributed by atoms with E-state index in [4.69, 9.17) is 4.52 Å². The van der Waals surface area contributed by atoms with Gasteiger partial charge in [0.05, 0.1) is 12.1 Å². The first kappa shape index (κ1) is 16.9. The molecule has 2 heterocycles. The van der Waals surface area contributed by atoms with Crippen molar-refractivity contribution in [3.05, 3.63) is 83.0 Å². The molecule has 0 aliphatic carbocycles. The first-order chi connectivity index (χ1) is 12.7. The zero-order valence-corrected chi connectivity index (χ0v) is 14.9. The van der Waals surface area contributed by atoms with Crippen LogP contribution in [-0.2, 0) is 13.0 Å². The molecule has 1 aromatic heterocycles. The lowest BCUT2D eigenvalue weighted by Gasteiger charge is -2.21. The Hall–Kier alpha value is -2.50. The third-order valence-electron chi connectivity index (χ3n) is 4.86. The summed E-state index contributed by atoms with van der Waals surface area (Å²) in [6.45, 7) is 3.46. The van der Waals surface area contributed by atoms with E-state index >= 15 is 0 Å². The minimum absolute atomic E-state index is 0.0386. The molecule has 0 saturated carbocycles. The van der Waals surface area contributed by atoms with E-state index in [1.54, 1.807) is 0 Å². The maximum absolute atomic E-state index is 10.2. The molecule has 3 aromatic rings. The van der Waals surface area contributed by atoms with Crippen LogP contribution in [0.25, 0.3) is 0 Å². The van der Waals surface area contributed by atoms with Gasteiger partial charge in [0, 0.05) is 19.5 Å². The van der Waals surface area contributed by atoms with Gasteiger partial charge in [-0.05, 0) is 24.5 Å². The Bertz CT molecular complexity index is 845. The third kappa shape index (κ3) is 3.84. The number of rotatable bonds is 5. The van der Waals surface area contributed by atoms with Crippen molar-refractivity contribution >= 4 is 0 Å². The summed E-state index contributed by atoms with van der Waals surface area (Å²) in [7, 11) is 0. The molecule has 2 atom stereocenters. The largest absolute Gasteiger partial charge is 0.392 e. The van der Waals surface area contributed by atoms with Crippen LogP contribution >= 0.6 is 0 Å². The van der Waals surface area contributed by atoms with E-state index in [1.807, 2.05) is 18.2 Å². The fraction of sp³-hybridized carbons (Fsp3) is 0.333. The van der Waals surface area contributed by atoms with Crippen molar-refractivity contribution in [2.75, 3.05) is 6.54 Å². The predicted octanol–water partition coefficient (Wildman–Crippen LogP) is 3.28. The molecule has 1 saturated heterocycles. The number of aromatic nitrogens is 2. The normalized spacial score (nSPS) is 20.5. The first-order valence-corrected chi connectivity index (χ1v) is 9.01. The van der Waals surface area contributed by atoms with E-state index in [2.05, 4.69) is 58.4 Å². The Morgan fingerprint density at radius 3 is 2.62 bits per heavy atom. The van der Waals surface area contributed by atoms with Crippen molar-refractivity contribution in [1.29, 1.82) is 0 Å². The van der Waals surface area contributed by atoms with Crippen LogP contribution in [0.5, 0.6) is 0 Å². The number of aliphatic hydroxyl groups excluding tert-OH is 1. The molecule has 0 radical (unpaired) electrons. The number of β-amino-alcohol motifs (C(OH)–C–C–N with tert-alkyl or cyclic N) is 1. The van der Waals surface area contributed by atoms with E-state index in [9.17, 15) is 5.11 Å². The van der Waals surface area contributed by atoms with Gasteiger partial charge in [-0.2, -0.15) is 4.98 Å². The number of aliphatic hydroxyl groups is 1. The Morgan fingerprint density at radius 1 is 1.08 bits per heavy atom. The molecule has 5 heteroatoms. The van der Waals surface area contributed by atoms with Gasteiger partial charge < -0.3 is 9.63 Å². The molecule has 2 aromatic carbocycles. The van der Waals surface area contributed by atoms with Crippen LogP contribution in [0.1, 0.15) is 40.9 Å². The highest BCUT2D eigenvalue weighted by molar-refractivity contribution is 5.22. The highest BCUT2D eigenvalue weighted by Gasteiger charge is 2.35. The van der Waals surface area contributed by atoms with Gasteiger partial charge in [-0.15, -0.1) is 0 Å². The second kappa shape index (κ2) is 7.40. The predicted molar refractivity (Wildman–Crippen MR) is 98.5 cm³/mol. The molecule has 26 heavy (non-hydrogen) atoms. The highest BCUT2D eigenvalue weighted by Crippen LogP contribution is 2.32. The molecule has 1 N–H and O–H groups in total. The summed E-state index contributed by atoms with van der Waals surface area (Å²) in [4.78, 5) is 6.81. The lowest BCUT2D eigenvalue weighted by Crippen LogP contribution is -2.24. The number of hydrogen-bond acceptors (Lipinski definition) is 5. The molecular weight excluding hydrogens is 326 g/mol. The molecule has 1 fully saturated rings. The van der Waals surface area contributed by atoms with E-state index in [1.165, 1.54) is 11.1 Å². The first-order valence-electron chi connectivity index (χ1n) is 9.01. The van der Waals surface area contributed by atoms with Gasteiger partial charge in [0.2, 0.25) is 5.89 Å². The SMILES string of the molecule is Cc1ccc(CN2C[C@H](O)C[C@H]2c2nc(Cc3ccccc3)no2)cc1. The van der Waals surface area contributed by atoms with Gasteiger partial charge >= 0.3 is 0 Å². The molecule has 1 aliphatic rings. The van der Waals surface area contributed by atoms with E-state index in [-0.39, 0.29) is 12.1 Å². The zero-order valence-electron chi connectivity index (χ0n) is 14.9. The zero-order chi connectivity index (χ0) is 17.9. The van der Waals surface area contributed by atoms with Crippen LogP contribution in [0.2, 0.25) is 0 Å². The molecule has 0 unspecified atom stereocenters. The molecule has 0 spiro atoms. The maximum Gasteiger partial charge on any atom is 0.244 e. The van der Waals surface area contributed by atoms with Crippen molar-refractivity contribution in [3.8, 4) is 0 Å². The standard InChI is InChI=1S/C21H23N3O2/c1-15-7-9-17(10-8-15)13-24-14-18(25)12-19(24)21-22-20(23-26-21)11-16-5-3-2-4-6-16/h2-10,18-19,25H,11-14H2,1H3/t18-,19+/m1/s1. The van der Waals surface area contributed by atoms with E-state index in [0.29, 0.717) is 31.1 Å². The monoisotopic (exact) mass is 349 g/mol. The minimum atomic E-state index is -0.366. The van der Waals surface area contributed by atoms with Crippen molar-refractivity contribution in [2.24, 2.45) is 0 Å². The van der Waals surface area contributed by atoms with E-state index < -0.39 is 0 Å². The van der Waals surface area contributed by atoms with Gasteiger partial charge in [0.1, 0.15) is 0 Å². The lowest BCUT2D eigenvalue weighted by molar-refractivity contribution is 0.169. The summed E-state index contributed by atoms with van der Waals surface area (Å²) in [5, 5.41) is 14.3. The molecule has 0 amide bonds. The summed E-state index contributed by atoms with van der Waals surface area (Å²) in [5.74, 6) is 1.28.